The highest BCUT2D eigenvalue weighted by Crippen LogP contribution is 2.14. The average Bonchev–Trinajstić information content (AvgIpc) is 2.80. The Bertz CT molecular complexity index is 970. The first-order valence-electron chi connectivity index (χ1n) is 10.3. The Balaban J connectivity index is 1.53. The van der Waals surface area contributed by atoms with Crippen LogP contribution in [0, 0.1) is 0 Å². The van der Waals surface area contributed by atoms with Crippen molar-refractivity contribution < 1.29 is 14.3 Å². The van der Waals surface area contributed by atoms with Crippen molar-refractivity contribution in [1.29, 1.82) is 0 Å². The maximum absolute atomic E-state index is 12.5. The zero-order chi connectivity index (χ0) is 22.1. The summed E-state index contributed by atoms with van der Waals surface area (Å²) in [6.07, 6.45) is 1.26. The van der Waals surface area contributed by atoms with Gasteiger partial charge in [-0.05, 0) is 54.4 Å². The summed E-state index contributed by atoms with van der Waals surface area (Å²) < 4.78 is 5.20. The molecule has 0 radical (unpaired) electrons. The van der Waals surface area contributed by atoms with Crippen LogP contribution in [0.3, 0.4) is 0 Å². The molecule has 3 rings (SSSR count). The maximum atomic E-state index is 12.5. The van der Waals surface area contributed by atoms with Crippen molar-refractivity contribution in [3.05, 3.63) is 101 Å². The molecule has 3 aromatic rings. The highest BCUT2D eigenvalue weighted by Gasteiger charge is 2.14. The second kappa shape index (κ2) is 11.1. The van der Waals surface area contributed by atoms with E-state index in [0.29, 0.717) is 12.0 Å². The summed E-state index contributed by atoms with van der Waals surface area (Å²) in [4.78, 5) is 26.2. The van der Waals surface area contributed by atoms with E-state index >= 15 is 0 Å². The molecule has 31 heavy (non-hydrogen) atoms. The number of nitrogens with zero attached hydrogens (tertiary/aromatic N) is 1. The van der Waals surface area contributed by atoms with E-state index in [2.05, 4.69) is 29.4 Å². The molecule has 5 nitrogen and oxygen atoms in total. The van der Waals surface area contributed by atoms with Crippen LogP contribution in [0.4, 0.5) is 0 Å². The third-order valence-electron chi connectivity index (χ3n) is 5.06. The van der Waals surface area contributed by atoms with Crippen molar-refractivity contribution in [2.75, 3.05) is 14.2 Å². The van der Waals surface area contributed by atoms with Crippen LogP contribution in [0.5, 0.6) is 5.75 Å². The number of hydrogen-bond acceptors (Lipinski definition) is 4. The van der Waals surface area contributed by atoms with Gasteiger partial charge in [0, 0.05) is 18.7 Å². The molecule has 3 aromatic carbocycles. The second-order valence-corrected chi connectivity index (χ2v) is 7.62. The topological polar surface area (TPSA) is 58.6 Å². The van der Waals surface area contributed by atoms with Gasteiger partial charge in [-0.1, -0.05) is 54.6 Å². The van der Waals surface area contributed by atoms with Gasteiger partial charge < -0.3 is 14.8 Å². The van der Waals surface area contributed by atoms with Crippen LogP contribution in [-0.4, -0.2) is 37.3 Å². The number of hydrogen-bond donors (Lipinski definition) is 1. The van der Waals surface area contributed by atoms with Gasteiger partial charge in [0.25, 0.3) is 5.91 Å². The monoisotopic (exact) mass is 416 g/mol. The summed E-state index contributed by atoms with van der Waals surface area (Å²) in [6, 6.07) is 24.6. The maximum Gasteiger partial charge on any atom is 0.251 e. The fourth-order valence-electron chi connectivity index (χ4n) is 3.42. The lowest BCUT2D eigenvalue weighted by molar-refractivity contribution is -0.109. The van der Waals surface area contributed by atoms with Gasteiger partial charge in [-0.25, -0.2) is 0 Å². The lowest BCUT2D eigenvalue weighted by atomic mass is 10.1. The van der Waals surface area contributed by atoms with Crippen molar-refractivity contribution in [3.8, 4) is 5.75 Å². The van der Waals surface area contributed by atoms with E-state index in [-0.39, 0.29) is 5.91 Å². The number of carbonyl (C=O) groups excluding carboxylic acids is 2. The molecule has 0 bridgehead atoms. The van der Waals surface area contributed by atoms with E-state index in [0.717, 1.165) is 36.3 Å². The number of methoxy groups -OCH3 is 1. The van der Waals surface area contributed by atoms with Crippen LogP contribution < -0.4 is 10.1 Å². The van der Waals surface area contributed by atoms with E-state index < -0.39 is 6.04 Å². The largest absolute Gasteiger partial charge is 0.497 e. The van der Waals surface area contributed by atoms with Crippen molar-refractivity contribution >= 4 is 12.2 Å². The molecule has 0 aliphatic rings. The molecule has 5 heteroatoms. The van der Waals surface area contributed by atoms with Crippen LogP contribution in [0.15, 0.2) is 78.9 Å². The van der Waals surface area contributed by atoms with E-state index in [1.807, 2.05) is 54.6 Å². The fourth-order valence-corrected chi connectivity index (χ4v) is 3.42. The molecule has 0 heterocycles. The number of amides is 1. The summed E-state index contributed by atoms with van der Waals surface area (Å²) in [5, 5.41) is 2.81. The molecule has 1 unspecified atom stereocenters. The fraction of sp³-hybridized carbons (Fsp3) is 0.231. The molecule has 0 fully saturated rings. The number of benzene rings is 3. The van der Waals surface area contributed by atoms with E-state index in [1.165, 1.54) is 5.56 Å². The Morgan fingerprint density at radius 1 is 0.903 bits per heavy atom. The summed E-state index contributed by atoms with van der Waals surface area (Å²) in [5.41, 5.74) is 3.87. The van der Waals surface area contributed by atoms with Gasteiger partial charge in [0.2, 0.25) is 0 Å². The van der Waals surface area contributed by atoms with E-state index in [1.54, 1.807) is 19.2 Å². The van der Waals surface area contributed by atoms with Gasteiger partial charge in [0.05, 0.1) is 13.2 Å². The highest BCUT2D eigenvalue weighted by molar-refractivity contribution is 5.95. The van der Waals surface area contributed by atoms with Crippen molar-refractivity contribution in [2.24, 2.45) is 0 Å². The number of carbonyl (C=O) groups is 2. The Morgan fingerprint density at radius 2 is 1.48 bits per heavy atom. The first-order chi connectivity index (χ1) is 15.1. The van der Waals surface area contributed by atoms with Gasteiger partial charge in [-0.2, -0.15) is 0 Å². The minimum absolute atomic E-state index is 0.244. The van der Waals surface area contributed by atoms with Crippen molar-refractivity contribution in [1.82, 2.24) is 10.2 Å². The van der Waals surface area contributed by atoms with Crippen LogP contribution in [0.25, 0.3) is 0 Å². The van der Waals surface area contributed by atoms with Gasteiger partial charge in [0.1, 0.15) is 12.0 Å². The third kappa shape index (κ3) is 6.79. The van der Waals surface area contributed by atoms with Crippen LogP contribution in [0.2, 0.25) is 0 Å². The minimum Gasteiger partial charge on any atom is -0.497 e. The molecule has 0 saturated carbocycles. The highest BCUT2D eigenvalue weighted by atomic mass is 16.5. The standard InChI is InChI=1S/C26H28N2O3/c1-28(18-22-10-14-25(31-2)15-11-22)17-21-8-12-23(13-9-21)26(30)27-24(19-29)16-20-6-4-3-5-7-20/h3-15,19,24H,16-18H2,1-2H3,(H,27,30). The molecule has 0 spiro atoms. The Hall–Kier alpha value is -3.44. The van der Waals surface area contributed by atoms with Crippen LogP contribution in [0.1, 0.15) is 27.0 Å². The van der Waals surface area contributed by atoms with Crippen molar-refractivity contribution in [3.63, 3.8) is 0 Å². The molecule has 0 aliphatic heterocycles. The Morgan fingerprint density at radius 3 is 2.03 bits per heavy atom. The summed E-state index contributed by atoms with van der Waals surface area (Å²) >= 11 is 0. The normalized spacial score (nSPS) is 11.7. The Kier molecular flexibility index (Phi) is 7.96. The predicted molar refractivity (Wildman–Crippen MR) is 122 cm³/mol. The van der Waals surface area contributed by atoms with Gasteiger partial charge >= 0.3 is 0 Å². The number of aldehydes is 1. The van der Waals surface area contributed by atoms with Crippen LogP contribution >= 0.6 is 0 Å². The smallest absolute Gasteiger partial charge is 0.251 e. The average molecular weight is 417 g/mol. The SMILES string of the molecule is COc1ccc(CN(C)Cc2ccc(C(=O)NC(C=O)Cc3ccccc3)cc2)cc1. The first kappa shape index (κ1) is 22.2. The molecule has 0 aromatic heterocycles. The van der Waals surface area contributed by atoms with Gasteiger partial charge in [0.15, 0.2) is 0 Å². The predicted octanol–water partition coefficient (Wildman–Crippen LogP) is 3.87. The first-order valence-corrected chi connectivity index (χ1v) is 10.3. The molecule has 0 aliphatic carbocycles. The summed E-state index contributed by atoms with van der Waals surface area (Å²) in [6.45, 7) is 1.58. The Labute approximate surface area is 183 Å². The zero-order valence-corrected chi connectivity index (χ0v) is 18.0. The second-order valence-electron chi connectivity index (χ2n) is 7.62. The molecule has 160 valence electrons. The molecule has 1 N–H and O–H groups in total. The number of ether oxygens (including phenoxy) is 1. The van der Waals surface area contributed by atoms with E-state index in [9.17, 15) is 9.59 Å². The quantitative estimate of drug-likeness (QED) is 0.510. The lowest BCUT2D eigenvalue weighted by Crippen LogP contribution is -2.37. The summed E-state index contributed by atoms with van der Waals surface area (Å²) in [5.74, 6) is 0.604. The molecular weight excluding hydrogens is 388 g/mol. The number of nitrogens with one attached hydrogen (secondary N) is 1. The van der Waals surface area contributed by atoms with Gasteiger partial charge in [-0.3, -0.25) is 9.69 Å². The van der Waals surface area contributed by atoms with Crippen LogP contribution in [-0.2, 0) is 24.3 Å². The number of rotatable bonds is 10. The minimum atomic E-state index is -0.551. The molecular formula is C26H28N2O3. The zero-order valence-electron chi connectivity index (χ0n) is 18.0. The summed E-state index contributed by atoms with van der Waals surface area (Å²) in [7, 11) is 3.72. The lowest BCUT2D eigenvalue weighted by Gasteiger charge is -2.17. The van der Waals surface area contributed by atoms with E-state index in [4.69, 9.17) is 4.74 Å². The van der Waals surface area contributed by atoms with Gasteiger partial charge in [-0.15, -0.1) is 0 Å². The molecule has 1 amide bonds. The molecule has 1 atom stereocenters. The molecule has 0 saturated heterocycles. The third-order valence-corrected chi connectivity index (χ3v) is 5.06. The van der Waals surface area contributed by atoms with Crippen molar-refractivity contribution in [2.45, 2.75) is 25.6 Å².